The van der Waals surface area contributed by atoms with Crippen molar-refractivity contribution in [3.8, 4) is 11.4 Å². The summed E-state index contributed by atoms with van der Waals surface area (Å²) in [5.74, 6) is 0.700. The van der Waals surface area contributed by atoms with E-state index in [0.717, 1.165) is 5.69 Å². The molecule has 4 aromatic rings. The Hall–Kier alpha value is -3.80. The maximum Gasteiger partial charge on any atom is 0.295 e. The zero-order valence-corrected chi connectivity index (χ0v) is 21.6. The third kappa shape index (κ3) is 4.94. The molecular weight excluding hydrogens is 480 g/mol. The molecular formula is C24H28N8O3S. The van der Waals surface area contributed by atoms with E-state index < -0.39 is 9.84 Å². The molecule has 11 nitrogen and oxygen atoms in total. The lowest BCUT2D eigenvalue weighted by atomic mass is 10.0. The van der Waals surface area contributed by atoms with Gasteiger partial charge in [0.1, 0.15) is 11.8 Å². The summed E-state index contributed by atoms with van der Waals surface area (Å²) >= 11 is 0. The summed E-state index contributed by atoms with van der Waals surface area (Å²) in [6.07, 6.45) is 6.08. The average molecular weight is 509 g/mol. The van der Waals surface area contributed by atoms with Gasteiger partial charge in [0.05, 0.1) is 40.3 Å². The van der Waals surface area contributed by atoms with Crippen molar-refractivity contribution in [1.29, 1.82) is 0 Å². The van der Waals surface area contributed by atoms with Gasteiger partial charge < -0.3 is 5.32 Å². The first kappa shape index (κ1) is 25.3. The van der Waals surface area contributed by atoms with Crippen LogP contribution in [-0.4, -0.2) is 48.6 Å². The van der Waals surface area contributed by atoms with Crippen LogP contribution in [0.25, 0.3) is 22.6 Å². The van der Waals surface area contributed by atoms with Crippen molar-refractivity contribution in [1.82, 2.24) is 34.5 Å². The van der Waals surface area contributed by atoms with Crippen molar-refractivity contribution in [2.45, 2.75) is 58.0 Å². The Balaban J connectivity index is 1.71. The van der Waals surface area contributed by atoms with Crippen LogP contribution < -0.4 is 10.9 Å². The lowest BCUT2D eigenvalue weighted by Gasteiger charge is -2.16. The molecule has 0 spiro atoms. The molecule has 4 aromatic heterocycles. The molecule has 0 aliphatic heterocycles. The first-order chi connectivity index (χ1) is 17.1. The SMILES string of the molecule is CCS(=O)(=O)c1ccc(CNc2nc3cnc(-c4cncnc4C(C)C)nc3n(C(C)C)c2=O)nc1. The van der Waals surface area contributed by atoms with Gasteiger partial charge in [-0.1, -0.05) is 20.8 Å². The molecule has 12 heteroatoms. The van der Waals surface area contributed by atoms with Gasteiger partial charge in [0.15, 0.2) is 27.1 Å². The van der Waals surface area contributed by atoms with E-state index in [0.29, 0.717) is 28.2 Å². The van der Waals surface area contributed by atoms with E-state index >= 15 is 0 Å². The number of fused-ring (bicyclic) bond motifs is 1. The Labute approximate surface area is 209 Å². The lowest BCUT2D eigenvalue weighted by molar-refractivity contribution is 0.593. The Morgan fingerprint density at radius 2 is 1.78 bits per heavy atom. The minimum atomic E-state index is -3.33. The predicted octanol–water partition coefficient (Wildman–Crippen LogP) is 3.15. The zero-order valence-electron chi connectivity index (χ0n) is 20.8. The van der Waals surface area contributed by atoms with E-state index in [4.69, 9.17) is 0 Å². The fraction of sp³-hybridized carbons (Fsp3) is 0.375. The third-order valence-corrected chi connectivity index (χ3v) is 7.37. The Morgan fingerprint density at radius 1 is 1.00 bits per heavy atom. The molecule has 0 amide bonds. The molecule has 0 saturated heterocycles. The monoisotopic (exact) mass is 508 g/mol. The molecule has 4 heterocycles. The van der Waals surface area contributed by atoms with Crippen LogP contribution in [-0.2, 0) is 16.4 Å². The van der Waals surface area contributed by atoms with Crippen LogP contribution in [0.4, 0.5) is 5.82 Å². The van der Waals surface area contributed by atoms with Crippen LogP contribution in [0.2, 0.25) is 0 Å². The van der Waals surface area contributed by atoms with Crippen molar-refractivity contribution < 1.29 is 8.42 Å². The number of rotatable bonds is 8. The second-order valence-corrected chi connectivity index (χ2v) is 11.1. The number of sulfone groups is 1. The van der Waals surface area contributed by atoms with E-state index in [1.54, 1.807) is 30.0 Å². The number of anilines is 1. The Bertz CT molecular complexity index is 1570. The van der Waals surface area contributed by atoms with Crippen LogP contribution in [0, 0.1) is 0 Å². The molecule has 0 fully saturated rings. The standard InChI is InChI=1S/C24H28N8O3S/c1-6-36(34,35)17-8-7-16(26-10-17)9-27-22-24(33)32(15(4)5)23-19(30-22)12-28-21(31-23)18-11-25-13-29-20(18)14(2)3/h7-8,10-15H,6,9H2,1-5H3,(H,27,30). The fourth-order valence-electron chi connectivity index (χ4n) is 3.74. The highest BCUT2D eigenvalue weighted by molar-refractivity contribution is 7.91. The summed E-state index contributed by atoms with van der Waals surface area (Å²) in [6.45, 7) is 9.62. The van der Waals surface area contributed by atoms with Crippen molar-refractivity contribution in [3.63, 3.8) is 0 Å². The summed E-state index contributed by atoms with van der Waals surface area (Å²) in [4.78, 5) is 39.9. The zero-order chi connectivity index (χ0) is 26.0. The first-order valence-electron chi connectivity index (χ1n) is 11.6. The second kappa shape index (κ2) is 10.1. The van der Waals surface area contributed by atoms with Crippen LogP contribution in [0.15, 0.2) is 46.7 Å². The molecule has 0 bridgehead atoms. The van der Waals surface area contributed by atoms with Gasteiger partial charge in [-0.05, 0) is 31.9 Å². The van der Waals surface area contributed by atoms with Crippen LogP contribution in [0.1, 0.15) is 58.0 Å². The summed E-state index contributed by atoms with van der Waals surface area (Å²) < 4.78 is 25.6. The van der Waals surface area contributed by atoms with Crippen molar-refractivity contribution in [2.75, 3.05) is 11.1 Å². The molecule has 0 radical (unpaired) electrons. The van der Waals surface area contributed by atoms with Gasteiger partial charge in [0.2, 0.25) is 0 Å². The van der Waals surface area contributed by atoms with Crippen LogP contribution >= 0.6 is 0 Å². The average Bonchev–Trinajstić information content (AvgIpc) is 2.87. The van der Waals surface area contributed by atoms with Crippen LogP contribution in [0.3, 0.4) is 0 Å². The topological polar surface area (TPSA) is 146 Å². The van der Waals surface area contributed by atoms with Crippen LogP contribution in [0.5, 0.6) is 0 Å². The molecule has 0 aliphatic carbocycles. The van der Waals surface area contributed by atoms with E-state index in [-0.39, 0.29) is 40.5 Å². The molecule has 1 N–H and O–H groups in total. The molecule has 188 valence electrons. The highest BCUT2D eigenvalue weighted by Crippen LogP contribution is 2.25. The van der Waals surface area contributed by atoms with Gasteiger partial charge in [-0.2, -0.15) is 0 Å². The minimum absolute atomic E-state index is 0.00188. The highest BCUT2D eigenvalue weighted by Gasteiger charge is 2.19. The summed E-state index contributed by atoms with van der Waals surface area (Å²) in [5.41, 5.74) is 2.63. The van der Waals surface area contributed by atoms with Gasteiger partial charge in [-0.25, -0.2) is 33.3 Å². The maximum atomic E-state index is 13.3. The largest absolute Gasteiger partial charge is 0.360 e. The van der Waals surface area contributed by atoms with Crippen molar-refractivity contribution >= 4 is 26.8 Å². The number of hydrogen-bond donors (Lipinski definition) is 1. The Kier molecular flexibility index (Phi) is 7.07. The molecule has 4 rings (SSSR count). The number of nitrogens with one attached hydrogen (secondary N) is 1. The first-order valence-corrected chi connectivity index (χ1v) is 13.3. The number of aromatic nitrogens is 7. The highest BCUT2D eigenvalue weighted by atomic mass is 32.2. The number of pyridine rings is 1. The minimum Gasteiger partial charge on any atom is -0.360 e. The molecule has 0 saturated carbocycles. The third-order valence-electron chi connectivity index (χ3n) is 5.65. The van der Waals surface area contributed by atoms with Gasteiger partial charge in [-0.15, -0.1) is 0 Å². The molecule has 36 heavy (non-hydrogen) atoms. The second-order valence-electron chi connectivity index (χ2n) is 8.85. The van der Waals surface area contributed by atoms with E-state index in [1.807, 2.05) is 27.7 Å². The van der Waals surface area contributed by atoms with Gasteiger partial charge in [-0.3, -0.25) is 14.3 Å². The fourth-order valence-corrected chi connectivity index (χ4v) is 4.56. The van der Waals surface area contributed by atoms with Gasteiger partial charge in [0.25, 0.3) is 5.56 Å². The van der Waals surface area contributed by atoms with E-state index in [9.17, 15) is 13.2 Å². The maximum absolute atomic E-state index is 13.3. The molecule has 0 aromatic carbocycles. The number of nitrogens with zero attached hydrogens (tertiary/aromatic N) is 7. The summed E-state index contributed by atoms with van der Waals surface area (Å²) in [7, 11) is -3.33. The van der Waals surface area contributed by atoms with Crippen molar-refractivity contribution in [3.05, 3.63) is 58.8 Å². The van der Waals surface area contributed by atoms with Crippen molar-refractivity contribution in [2.24, 2.45) is 0 Å². The quantitative estimate of drug-likeness (QED) is 0.376. The Morgan fingerprint density at radius 3 is 2.42 bits per heavy atom. The molecule has 0 unspecified atom stereocenters. The molecule has 0 aliphatic rings. The smallest absolute Gasteiger partial charge is 0.295 e. The summed E-state index contributed by atoms with van der Waals surface area (Å²) in [5, 5.41) is 3.03. The number of hydrogen-bond acceptors (Lipinski definition) is 10. The normalized spacial score (nSPS) is 12.0. The van der Waals surface area contributed by atoms with E-state index in [2.05, 4.69) is 35.2 Å². The van der Waals surface area contributed by atoms with E-state index in [1.165, 1.54) is 18.6 Å². The molecule has 0 atom stereocenters. The lowest BCUT2D eigenvalue weighted by Crippen LogP contribution is -2.27. The van der Waals surface area contributed by atoms with Gasteiger partial charge >= 0.3 is 0 Å². The predicted molar refractivity (Wildman–Crippen MR) is 136 cm³/mol. The summed E-state index contributed by atoms with van der Waals surface area (Å²) in [6, 6.07) is 2.93. The van der Waals surface area contributed by atoms with Gasteiger partial charge in [0, 0.05) is 18.4 Å².